The van der Waals surface area contributed by atoms with Crippen LogP contribution in [0.25, 0.3) is 0 Å². The van der Waals surface area contributed by atoms with Gasteiger partial charge in [0, 0.05) is 12.6 Å². The Bertz CT molecular complexity index is 543. The lowest BCUT2D eigenvalue weighted by molar-refractivity contribution is -0.137. The predicted octanol–water partition coefficient (Wildman–Crippen LogP) is 3.19. The van der Waals surface area contributed by atoms with E-state index in [0.29, 0.717) is 37.7 Å². The molecule has 0 aromatic heterocycles. The van der Waals surface area contributed by atoms with Gasteiger partial charge >= 0.3 is 6.18 Å². The van der Waals surface area contributed by atoms with E-state index >= 15 is 0 Å². The average Bonchev–Trinajstić information content (AvgIpc) is 2.47. The molecule has 0 spiro atoms. The molecule has 1 aliphatic rings. The smallest absolute Gasteiger partial charge is 0.336 e. The summed E-state index contributed by atoms with van der Waals surface area (Å²) in [6, 6.07) is 1.78. The second-order valence-corrected chi connectivity index (χ2v) is 5.42. The Balaban J connectivity index is 2.31. The first-order chi connectivity index (χ1) is 10.3. The third kappa shape index (κ3) is 3.58. The number of rotatable bonds is 3. The summed E-state index contributed by atoms with van der Waals surface area (Å²) in [6.45, 7) is 0.790. The second-order valence-electron chi connectivity index (χ2n) is 5.42. The lowest BCUT2D eigenvalue weighted by Gasteiger charge is -2.36. The number of hydrogen-bond acceptors (Lipinski definition) is 2. The van der Waals surface area contributed by atoms with Crippen LogP contribution in [0, 0.1) is 5.82 Å². The summed E-state index contributed by atoms with van der Waals surface area (Å²) in [4.78, 5) is 13.9. The van der Waals surface area contributed by atoms with Crippen molar-refractivity contribution < 1.29 is 22.4 Å². The van der Waals surface area contributed by atoms with Crippen molar-refractivity contribution in [3.63, 3.8) is 0 Å². The number of alkyl halides is 3. The highest BCUT2D eigenvalue weighted by Gasteiger charge is 2.34. The van der Waals surface area contributed by atoms with E-state index in [1.54, 1.807) is 0 Å². The van der Waals surface area contributed by atoms with Crippen molar-refractivity contribution in [1.82, 2.24) is 4.90 Å². The lowest BCUT2D eigenvalue weighted by atomic mass is 9.97. The lowest BCUT2D eigenvalue weighted by Crippen LogP contribution is -2.45. The normalized spacial score (nSPS) is 19.3. The summed E-state index contributed by atoms with van der Waals surface area (Å²) in [6.07, 6.45) is -1.62. The van der Waals surface area contributed by atoms with Crippen molar-refractivity contribution in [2.75, 3.05) is 13.1 Å². The molecular weight excluding hydrogens is 300 g/mol. The number of nitrogens with two attached hydrogens (primary N) is 1. The van der Waals surface area contributed by atoms with Crippen molar-refractivity contribution in [1.29, 1.82) is 0 Å². The van der Waals surface area contributed by atoms with Crippen molar-refractivity contribution >= 4 is 5.91 Å². The molecule has 1 aromatic rings. The maximum Gasteiger partial charge on any atom is 0.416 e. The van der Waals surface area contributed by atoms with E-state index in [-0.39, 0.29) is 6.04 Å². The quantitative estimate of drug-likeness (QED) is 0.870. The molecule has 1 unspecified atom stereocenters. The van der Waals surface area contributed by atoms with E-state index in [0.717, 1.165) is 19.3 Å². The molecule has 1 atom stereocenters. The predicted molar refractivity (Wildman–Crippen MR) is 73.7 cm³/mol. The molecule has 0 saturated carbocycles. The first kappa shape index (κ1) is 16.7. The van der Waals surface area contributed by atoms with Crippen LogP contribution in [0.5, 0.6) is 0 Å². The van der Waals surface area contributed by atoms with Gasteiger partial charge in [-0.3, -0.25) is 4.79 Å². The summed E-state index contributed by atoms with van der Waals surface area (Å²) >= 11 is 0. The Morgan fingerprint density at radius 2 is 2.05 bits per heavy atom. The third-order valence-electron chi connectivity index (χ3n) is 3.91. The number of hydrogen-bond donors (Lipinski definition) is 1. The zero-order valence-corrected chi connectivity index (χ0v) is 12.0. The number of carbonyl (C=O) groups excluding carboxylic acids is 1. The van der Waals surface area contributed by atoms with Gasteiger partial charge < -0.3 is 10.6 Å². The van der Waals surface area contributed by atoms with Crippen LogP contribution in [0.3, 0.4) is 0 Å². The Kier molecular flexibility index (Phi) is 5.05. The van der Waals surface area contributed by atoms with Gasteiger partial charge in [-0.15, -0.1) is 0 Å². The van der Waals surface area contributed by atoms with Gasteiger partial charge in [0.1, 0.15) is 5.82 Å². The maximum absolute atomic E-state index is 13.8. The van der Waals surface area contributed by atoms with Gasteiger partial charge in [0.25, 0.3) is 5.91 Å². The molecule has 22 heavy (non-hydrogen) atoms. The minimum atomic E-state index is -4.61. The van der Waals surface area contributed by atoms with Gasteiger partial charge in [0.05, 0.1) is 11.1 Å². The van der Waals surface area contributed by atoms with E-state index in [1.165, 1.54) is 4.90 Å². The SMILES string of the molecule is NCCC1CCCCN1C(=O)c1cc(C(F)(F)F)ccc1F. The summed E-state index contributed by atoms with van der Waals surface area (Å²) in [5.41, 5.74) is 3.96. The van der Waals surface area contributed by atoms with Crippen molar-refractivity contribution in [3.8, 4) is 0 Å². The fourth-order valence-corrected chi connectivity index (χ4v) is 2.78. The minimum Gasteiger partial charge on any atom is -0.336 e. The topological polar surface area (TPSA) is 46.3 Å². The van der Waals surface area contributed by atoms with E-state index in [2.05, 4.69) is 0 Å². The van der Waals surface area contributed by atoms with Crippen LogP contribution in [0.15, 0.2) is 18.2 Å². The molecule has 1 heterocycles. The number of amides is 1. The zero-order valence-electron chi connectivity index (χ0n) is 12.0. The Morgan fingerprint density at radius 1 is 1.32 bits per heavy atom. The fourth-order valence-electron chi connectivity index (χ4n) is 2.78. The number of piperidine rings is 1. The number of likely N-dealkylation sites (tertiary alicyclic amines) is 1. The highest BCUT2D eigenvalue weighted by Crippen LogP contribution is 2.31. The molecule has 3 nitrogen and oxygen atoms in total. The van der Waals surface area contributed by atoms with Crippen molar-refractivity contribution in [2.45, 2.75) is 37.9 Å². The molecule has 1 amide bonds. The van der Waals surface area contributed by atoms with E-state index < -0.39 is 29.0 Å². The van der Waals surface area contributed by atoms with E-state index in [9.17, 15) is 22.4 Å². The highest BCUT2D eigenvalue weighted by molar-refractivity contribution is 5.95. The molecule has 1 fully saturated rings. The van der Waals surface area contributed by atoms with Gasteiger partial charge in [-0.05, 0) is 50.4 Å². The van der Waals surface area contributed by atoms with Gasteiger partial charge in [0.2, 0.25) is 0 Å². The fraction of sp³-hybridized carbons (Fsp3) is 0.533. The molecule has 1 aromatic carbocycles. The van der Waals surface area contributed by atoms with Crippen LogP contribution in [0.2, 0.25) is 0 Å². The Hall–Kier alpha value is -1.63. The molecule has 2 N–H and O–H groups in total. The first-order valence-corrected chi connectivity index (χ1v) is 7.22. The minimum absolute atomic E-state index is 0.139. The van der Waals surface area contributed by atoms with E-state index in [4.69, 9.17) is 5.73 Å². The molecule has 7 heteroatoms. The van der Waals surface area contributed by atoms with E-state index in [1.807, 2.05) is 0 Å². The number of carbonyl (C=O) groups is 1. The van der Waals surface area contributed by atoms with Crippen LogP contribution in [0.4, 0.5) is 17.6 Å². The number of nitrogens with zero attached hydrogens (tertiary/aromatic N) is 1. The van der Waals surface area contributed by atoms with Crippen LogP contribution in [-0.4, -0.2) is 29.9 Å². The first-order valence-electron chi connectivity index (χ1n) is 7.22. The average molecular weight is 318 g/mol. The molecule has 0 radical (unpaired) electrons. The maximum atomic E-state index is 13.8. The monoisotopic (exact) mass is 318 g/mol. The number of benzene rings is 1. The van der Waals surface area contributed by atoms with Gasteiger partial charge in [-0.1, -0.05) is 0 Å². The molecule has 1 aliphatic heterocycles. The number of halogens is 4. The molecule has 2 rings (SSSR count). The molecule has 1 saturated heterocycles. The van der Waals surface area contributed by atoms with Gasteiger partial charge in [-0.25, -0.2) is 4.39 Å². The zero-order chi connectivity index (χ0) is 16.3. The molecule has 0 bridgehead atoms. The standard InChI is InChI=1S/C15H18F4N2O/c16-13-5-4-10(15(17,18)19)9-12(13)14(22)21-8-2-1-3-11(21)6-7-20/h4-5,9,11H,1-3,6-8,20H2. The molecule has 0 aliphatic carbocycles. The van der Waals surface area contributed by atoms with Crippen LogP contribution in [0.1, 0.15) is 41.6 Å². The van der Waals surface area contributed by atoms with Crippen molar-refractivity contribution in [2.24, 2.45) is 5.73 Å². The summed E-state index contributed by atoms with van der Waals surface area (Å²) in [7, 11) is 0. The summed E-state index contributed by atoms with van der Waals surface area (Å²) < 4.78 is 52.1. The molecule has 122 valence electrons. The van der Waals surface area contributed by atoms with Gasteiger partial charge in [0.15, 0.2) is 0 Å². The van der Waals surface area contributed by atoms with Gasteiger partial charge in [-0.2, -0.15) is 13.2 Å². The van der Waals surface area contributed by atoms with Crippen LogP contribution >= 0.6 is 0 Å². The third-order valence-corrected chi connectivity index (χ3v) is 3.91. The Labute approximate surface area is 126 Å². The highest BCUT2D eigenvalue weighted by atomic mass is 19.4. The molecular formula is C15H18F4N2O. The largest absolute Gasteiger partial charge is 0.416 e. The second kappa shape index (κ2) is 6.64. The summed E-state index contributed by atoms with van der Waals surface area (Å²) in [5.74, 6) is -1.63. The van der Waals surface area contributed by atoms with Crippen LogP contribution < -0.4 is 5.73 Å². The Morgan fingerprint density at radius 3 is 2.68 bits per heavy atom. The van der Waals surface area contributed by atoms with Crippen molar-refractivity contribution in [3.05, 3.63) is 35.1 Å². The summed E-state index contributed by atoms with van der Waals surface area (Å²) in [5, 5.41) is 0. The van der Waals surface area contributed by atoms with Crippen LogP contribution in [-0.2, 0) is 6.18 Å².